The van der Waals surface area contributed by atoms with Gasteiger partial charge in [0.05, 0.1) is 23.7 Å². The minimum absolute atomic E-state index is 0.00315. The fraction of sp³-hybridized carbons (Fsp3) is 0.364. The number of carbonyl (C=O) groups is 2. The van der Waals surface area contributed by atoms with Gasteiger partial charge in [-0.25, -0.2) is 27.3 Å². The van der Waals surface area contributed by atoms with Crippen molar-refractivity contribution in [3.8, 4) is 0 Å². The lowest BCUT2D eigenvalue weighted by Crippen LogP contribution is -2.43. The Bertz CT molecular complexity index is 1250. The monoisotopic (exact) mass is 546 g/mol. The van der Waals surface area contributed by atoms with Crippen LogP contribution in [0.5, 0.6) is 0 Å². The molecule has 1 fully saturated rings. The molecular weight excluding hydrogens is 528 g/mol. The van der Waals surface area contributed by atoms with Crippen LogP contribution in [-0.4, -0.2) is 64.4 Å². The van der Waals surface area contributed by atoms with Crippen molar-refractivity contribution >= 4 is 40.7 Å². The number of hydrogen-bond donors (Lipinski definition) is 2. The molecule has 0 radical (unpaired) electrons. The SMILES string of the molecule is CCOC(=O)C1=C(CN2CC(F)(F)C[C@H]2C(=O)O)NC(c2nccs2)=N[C@@H]1c1ccc(F)c(F)c1Cl. The van der Waals surface area contributed by atoms with Crippen molar-refractivity contribution in [1.82, 2.24) is 15.2 Å². The molecule has 192 valence electrons. The fourth-order valence-electron chi connectivity index (χ4n) is 4.09. The maximum atomic E-state index is 14.4. The van der Waals surface area contributed by atoms with Gasteiger partial charge in [0.2, 0.25) is 0 Å². The molecule has 3 heterocycles. The van der Waals surface area contributed by atoms with Crippen molar-refractivity contribution in [3.05, 3.63) is 62.2 Å². The first-order valence-electron chi connectivity index (χ1n) is 10.6. The summed E-state index contributed by atoms with van der Waals surface area (Å²) in [5, 5.41) is 13.8. The molecule has 1 saturated heterocycles. The minimum Gasteiger partial charge on any atom is -0.480 e. The van der Waals surface area contributed by atoms with Crippen LogP contribution in [0.4, 0.5) is 17.6 Å². The molecule has 2 atom stereocenters. The van der Waals surface area contributed by atoms with Crippen LogP contribution < -0.4 is 5.32 Å². The van der Waals surface area contributed by atoms with Gasteiger partial charge >= 0.3 is 11.9 Å². The van der Waals surface area contributed by atoms with Crippen LogP contribution in [0.1, 0.15) is 30.0 Å². The van der Waals surface area contributed by atoms with E-state index in [2.05, 4.69) is 15.3 Å². The standard InChI is InChI=1S/C22H19ClF4N4O4S/c1-2-35-21(34)14-12(8-31-9-22(26,27)7-13(31)20(32)33)29-18(19-28-5-6-36-19)30-17(14)10-3-4-11(24)16(25)15(10)23/h3-6,13,17H,2,7-9H2,1H3,(H,29,30)(H,32,33)/t13-,17+/m0/s1. The molecule has 2 aliphatic heterocycles. The topological polar surface area (TPSA) is 104 Å². The van der Waals surface area contributed by atoms with Crippen LogP contribution in [0.2, 0.25) is 5.02 Å². The van der Waals surface area contributed by atoms with Gasteiger partial charge in [-0.3, -0.25) is 14.7 Å². The van der Waals surface area contributed by atoms with Gasteiger partial charge < -0.3 is 15.2 Å². The number of ether oxygens (including phenoxy) is 1. The number of carboxylic acids is 1. The average molecular weight is 547 g/mol. The second-order valence-electron chi connectivity index (χ2n) is 8.04. The van der Waals surface area contributed by atoms with Crippen molar-refractivity contribution in [1.29, 1.82) is 0 Å². The van der Waals surface area contributed by atoms with Crippen LogP contribution in [-0.2, 0) is 14.3 Å². The van der Waals surface area contributed by atoms with Crippen LogP contribution in [0.3, 0.4) is 0 Å². The predicted octanol–water partition coefficient (Wildman–Crippen LogP) is 3.78. The molecule has 0 saturated carbocycles. The van der Waals surface area contributed by atoms with Gasteiger partial charge in [-0.2, -0.15) is 0 Å². The van der Waals surface area contributed by atoms with Crippen LogP contribution in [0, 0.1) is 11.6 Å². The lowest BCUT2D eigenvalue weighted by atomic mass is 9.95. The number of rotatable bonds is 7. The number of aliphatic carboxylic acids is 1. The van der Waals surface area contributed by atoms with Gasteiger partial charge in [0, 0.05) is 35.8 Å². The number of carboxylic acid groups (broad SMARTS) is 1. The summed E-state index contributed by atoms with van der Waals surface area (Å²) in [7, 11) is 0. The third kappa shape index (κ3) is 5.08. The summed E-state index contributed by atoms with van der Waals surface area (Å²) in [4.78, 5) is 34.4. The Morgan fingerprint density at radius 1 is 1.36 bits per heavy atom. The Morgan fingerprint density at radius 2 is 2.11 bits per heavy atom. The highest BCUT2D eigenvalue weighted by Gasteiger charge is 2.49. The highest BCUT2D eigenvalue weighted by Crippen LogP contribution is 2.39. The molecule has 8 nitrogen and oxygen atoms in total. The number of hydrogen-bond acceptors (Lipinski definition) is 8. The summed E-state index contributed by atoms with van der Waals surface area (Å²) in [5.74, 6) is -8.09. The van der Waals surface area contributed by atoms with Crippen molar-refractivity contribution in [2.75, 3.05) is 19.7 Å². The van der Waals surface area contributed by atoms with E-state index < -0.39 is 66.1 Å². The number of thiazole rings is 1. The largest absolute Gasteiger partial charge is 0.480 e. The van der Waals surface area contributed by atoms with Gasteiger partial charge in [0.1, 0.15) is 12.1 Å². The van der Waals surface area contributed by atoms with Gasteiger partial charge in [-0.05, 0) is 13.0 Å². The summed E-state index contributed by atoms with van der Waals surface area (Å²) in [6.07, 6.45) is 0.575. The molecule has 1 aromatic heterocycles. The van der Waals surface area contributed by atoms with E-state index in [1.54, 1.807) is 12.3 Å². The average Bonchev–Trinajstić information content (AvgIpc) is 3.45. The molecule has 4 rings (SSSR count). The van der Waals surface area contributed by atoms with E-state index in [0.717, 1.165) is 17.0 Å². The van der Waals surface area contributed by atoms with E-state index in [1.165, 1.54) is 17.5 Å². The number of nitrogens with one attached hydrogen (secondary N) is 1. The second kappa shape index (κ2) is 10.1. The van der Waals surface area contributed by atoms with Gasteiger partial charge in [-0.1, -0.05) is 17.7 Å². The molecule has 0 unspecified atom stereocenters. The number of aliphatic imine (C=N–C) groups is 1. The molecule has 2 N–H and O–H groups in total. The molecule has 2 aliphatic rings. The molecule has 0 spiro atoms. The molecule has 0 aliphatic carbocycles. The number of nitrogens with zero attached hydrogens (tertiary/aromatic N) is 3. The third-order valence-corrected chi connectivity index (χ3v) is 6.79. The van der Waals surface area contributed by atoms with Gasteiger partial charge in [0.25, 0.3) is 5.92 Å². The maximum Gasteiger partial charge on any atom is 0.338 e. The number of carbonyl (C=O) groups excluding carboxylic acids is 1. The normalized spacial score (nSPS) is 21.8. The number of halogens is 5. The lowest BCUT2D eigenvalue weighted by Gasteiger charge is -2.30. The van der Waals surface area contributed by atoms with Crippen molar-refractivity contribution in [2.24, 2.45) is 4.99 Å². The first kappa shape index (κ1) is 26.0. The predicted molar refractivity (Wildman–Crippen MR) is 122 cm³/mol. The number of alkyl halides is 2. The smallest absolute Gasteiger partial charge is 0.338 e. The summed E-state index contributed by atoms with van der Waals surface area (Å²) in [6.45, 7) is 0.185. The van der Waals surface area contributed by atoms with Crippen LogP contribution in [0.15, 0.2) is 40.0 Å². The molecular formula is C22H19ClF4N4O4S. The van der Waals surface area contributed by atoms with Crippen LogP contribution >= 0.6 is 22.9 Å². The van der Waals surface area contributed by atoms with Gasteiger partial charge in [0.15, 0.2) is 22.5 Å². The number of esters is 1. The Kier molecular flexibility index (Phi) is 7.34. The van der Waals surface area contributed by atoms with E-state index in [-0.39, 0.29) is 29.3 Å². The maximum absolute atomic E-state index is 14.4. The zero-order chi connectivity index (χ0) is 26.2. The zero-order valence-electron chi connectivity index (χ0n) is 18.6. The minimum atomic E-state index is -3.27. The number of benzene rings is 1. The molecule has 2 aromatic rings. The Morgan fingerprint density at radius 3 is 2.75 bits per heavy atom. The van der Waals surface area contributed by atoms with Crippen molar-refractivity contribution in [2.45, 2.75) is 31.4 Å². The summed E-state index contributed by atoms with van der Waals surface area (Å²) >= 11 is 7.26. The Balaban J connectivity index is 1.87. The number of amidine groups is 1. The lowest BCUT2D eigenvalue weighted by molar-refractivity contribution is -0.142. The Labute approximate surface area is 211 Å². The zero-order valence-corrected chi connectivity index (χ0v) is 20.2. The van der Waals surface area contributed by atoms with Crippen LogP contribution in [0.25, 0.3) is 0 Å². The third-order valence-electron chi connectivity index (χ3n) is 5.63. The molecule has 0 amide bonds. The summed E-state index contributed by atoms with van der Waals surface area (Å²) < 4.78 is 61.6. The first-order chi connectivity index (χ1) is 17.0. The number of likely N-dealkylation sites (tertiary alicyclic amines) is 1. The molecule has 14 heteroatoms. The Hall–Kier alpha value is -3.03. The highest BCUT2D eigenvalue weighted by molar-refractivity contribution is 7.11. The van der Waals surface area contributed by atoms with E-state index in [1.807, 2.05) is 0 Å². The summed E-state index contributed by atoms with van der Waals surface area (Å²) in [6, 6.07) is -0.875. The van der Waals surface area contributed by atoms with E-state index in [4.69, 9.17) is 16.3 Å². The molecule has 0 bridgehead atoms. The fourth-order valence-corrected chi connectivity index (χ4v) is 4.94. The van der Waals surface area contributed by atoms with Gasteiger partial charge in [-0.15, -0.1) is 11.3 Å². The number of aromatic nitrogens is 1. The van der Waals surface area contributed by atoms with E-state index >= 15 is 0 Å². The quantitative estimate of drug-likeness (QED) is 0.309. The summed E-state index contributed by atoms with van der Waals surface area (Å²) in [5.41, 5.74) is -0.277. The van der Waals surface area contributed by atoms with E-state index in [9.17, 15) is 32.3 Å². The first-order valence-corrected chi connectivity index (χ1v) is 11.9. The van der Waals surface area contributed by atoms with Crippen molar-refractivity contribution < 1.29 is 37.0 Å². The van der Waals surface area contributed by atoms with Crippen molar-refractivity contribution in [3.63, 3.8) is 0 Å². The van der Waals surface area contributed by atoms with E-state index in [0.29, 0.717) is 5.01 Å². The molecule has 1 aromatic carbocycles. The highest BCUT2D eigenvalue weighted by atomic mass is 35.5. The molecule has 36 heavy (non-hydrogen) atoms. The second-order valence-corrected chi connectivity index (χ2v) is 9.31.